The van der Waals surface area contributed by atoms with Crippen LogP contribution >= 0.6 is 0 Å². The second kappa shape index (κ2) is 15.3. The molecule has 1 aliphatic carbocycles. The normalized spacial score (nSPS) is 22.9. The van der Waals surface area contributed by atoms with Crippen LogP contribution < -0.4 is 5.32 Å². The van der Waals surface area contributed by atoms with Gasteiger partial charge in [-0.25, -0.2) is 0 Å². The maximum Gasteiger partial charge on any atom is 0.472 e. The van der Waals surface area contributed by atoms with E-state index < -0.39 is 18.6 Å². The van der Waals surface area contributed by atoms with E-state index in [0.717, 1.165) is 36.1 Å². The van der Waals surface area contributed by atoms with Crippen LogP contribution in [0.15, 0.2) is 77.1 Å². The van der Waals surface area contributed by atoms with E-state index in [9.17, 15) is 14.8 Å². The van der Waals surface area contributed by atoms with Crippen LogP contribution in [0.2, 0.25) is 0 Å². The van der Waals surface area contributed by atoms with E-state index in [4.69, 9.17) is 9.57 Å². The van der Waals surface area contributed by atoms with Gasteiger partial charge in [0.1, 0.15) is 0 Å². The fourth-order valence-electron chi connectivity index (χ4n) is 3.95. The zero-order valence-corrected chi connectivity index (χ0v) is 21.0. The minimum atomic E-state index is -1.63. The van der Waals surface area contributed by atoms with Crippen molar-refractivity contribution in [2.45, 2.75) is 64.4 Å². The van der Waals surface area contributed by atoms with Crippen LogP contribution in [0.25, 0.3) is 0 Å². The highest BCUT2D eigenvalue weighted by atomic mass is 16.7. The van der Waals surface area contributed by atoms with Crippen LogP contribution in [0.4, 0.5) is 0 Å². The predicted molar refractivity (Wildman–Crippen MR) is 142 cm³/mol. The van der Waals surface area contributed by atoms with E-state index in [1.165, 1.54) is 5.57 Å². The summed E-state index contributed by atoms with van der Waals surface area (Å²) in [7, 11) is -1.63. The van der Waals surface area contributed by atoms with E-state index in [-0.39, 0.29) is 6.44 Å². The van der Waals surface area contributed by atoms with Gasteiger partial charge in [-0.1, -0.05) is 79.8 Å². The second-order valence-corrected chi connectivity index (χ2v) is 8.71. The zero-order valence-electron chi connectivity index (χ0n) is 21.0. The summed E-state index contributed by atoms with van der Waals surface area (Å²) in [4.78, 5) is 18.8. The number of hydrogen-bond donors (Lipinski definition) is 3. The highest BCUT2D eigenvalue weighted by Crippen LogP contribution is 2.34. The molecule has 0 spiro atoms. The first-order chi connectivity index (χ1) is 16.9. The van der Waals surface area contributed by atoms with Crippen molar-refractivity contribution in [3.63, 3.8) is 0 Å². The highest BCUT2D eigenvalue weighted by Gasteiger charge is 2.46. The average molecular weight is 482 g/mol. The topological polar surface area (TPSA) is 100 Å². The molecule has 3 N–H and O–H groups in total. The van der Waals surface area contributed by atoms with Gasteiger partial charge in [0, 0.05) is 19.3 Å². The molecule has 0 saturated heterocycles. The molecule has 0 aromatic carbocycles. The van der Waals surface area contributed by atoms with E-state index >= 15 is 0 Å². The minimum absolute atomic E-state index is 0.269. The number of carbonyl (C=O) groups excluding carboxylic acids is 1. The molecule has 1 unspecified atom stereocenters. The maximum absolute atomic E-state index is 13.1. The molecule has 2 aliphatic rings. The number of oxime groups is 1. The molecule has 0 radical (unpaired) electrons. The van der Waals surface area contributed by atoms with Crippen molar-refractivity contribution in [2.24, 2.45) is 5.16 Å². The smallest absolute Gasteiger partial charge is 0.426 e. The standard InChI is InChI=1S/C27H39BN2O5/c1-4-12-24(17-22(5-2)6-3)20-34-16-15-25-19-27(35-30-25,26(31)29-21-28(32)33)18-23-13-10-8-7-9-11-14-23/h5,7-10,12,14,17,32-33H,2,4,6,11,13,15-16,18-21H2,1,3H3,(H,29,31)/b9-7?,10-8-,22-17+,23-14+,24-12+. The zero-order chi connectivity index (χ0) is 25.5. The van der Waals surface area contributed by atoms with Crippen LogP contribution in [-0.4, -0.2) is 54.0 Å². The number of nitrogens with one attached hydrogen (secondary N) is 1. The van der Waals surface area contributed by atoms with Gasteiger partial charge in [0.05, 0.1) is 25.4 Å². The molecule has 190 valence electrons. The summed E-state index contributed by atoms with van der Waals surface area (Å²) in [6, 6.07) is 0. The monoisotopic (exact) mass is 482 g/mol. The lowest BCUT2D eigenvalue weighted by atomic mass is 9.85. The van der Waals surface area contributed by atoms with Crippen LogP contribution in [0.1, 0.15) is 58.8 Å². The number of amides is 1. The van der Waals surface area contributed by atoms with Crippen molar-refractivity contribution in [2.75, 3.05) is 19.7 Å². The highest BCUT2D eigenvalue weighted by molar-refractivity contribution is 6.41. The summed E-state index contributed by atoms with van der Waals surface area (Å²) in [5.74, 6) is -0.400. The summed E-state index contributed by atoms with van der Waals surface area (Å²) in [6.45, 7) is 8.99. The fourth-order valence-corrected chi connectivity index (χ4v) is 3.95. The quantitative estimate of drug-likeness (QED) is 0.150. The van der Waals surface area contributed by atoms with Crippen LogP contribution in [-0.2, 0) is 14.4 Å². The van der Waals surface area contributed by atoms with Gasteiger partial charge >= 0.3 is 7.12 Å². The van der Waals surface area contributed by atoms with Crippen molar-refractivity contribution in [3.8, 4) is 0 Å². The molecule has 0 aromatic heterocycles. The second-order valence-electron chi connectivity index (χ2n) is 8.71. The SMILES string of the molecule is C=C/C(=C\C(=C/CC)COCCC1=NOC(C/C2=C/CC=C/C=C\C2)(C(=O)NCB(O)O)C1)CC. The molecule has 1 amide bonds. The first-order valence-corrected chi connectivity index (χ1v) is 12.4. The Morgan fingerprint density at radius 3 is 2.83 bits per heavy atom. The molecular weight excluding hydrogens is 443 g/mol. The van der Waals surface area contributed by atoms with Gasteiger partial charge in [-0.2, -0.15) is 0 Å². The summed E-state index contributed by atoms with van der Waals surface area (Å²) in [6.07, 6.45) is 20.6. The molecule has 2 rings (SSSR count). The van der Waals surface area contributed by atoms with E-state index in [0.29, 0.717) is 38.9 Å². The van der Waals surface area contributed by atoms with Gasteiger partial charge in [0.2, 0.25) is 5.60 Å². The Morgan fingerprint density at radius 1 is 1.31 bits per heavy atom. The van der Waals surface area contributed by atoms with E-state index in [2.05, 4.69) is 49.1 Å². The van der Waals surface area contributed by atoms with Gasteiger partial charge in [0.25, 0.3) is 5.91 Å². The van der Waals surface area contributed by atoms with Crippen molar-refractivity contribution >= 4 is 18.7 Å². The number of hydrogen-bond acceptors (Lipinski definition) is 6. The molecule has 1 atom stereocenters. The van der Waals surface area contributed by atoms with Crippen molar-refractivity contribution in [3.05, 3.63) is 71.9 Å². The molecule has 1 heterocycles. The van der Waals surface area contributed by atoms with Gasteiger partial charge in [-0.3, -0.25) is 4.79 Å². The number of carbonyl (C=O) groups is 1. The first kappa shape index (κ1) is 28.6. The Kier molecular flexibility index (Phi) is 12.5. The van der Waals surface area contributed by atoms with Gasteiger partial charge in [0.15, 0.2) is 0 Å². The van der Waals surface area contributed by atoms with E-state index in [1.807, 2.05) is 30.4 Å². The molecule has 35 heavy (non-hydrogen) atoms. The van der Waals surface area contributed by atoms with Crippen LogP contribution in [0.5, 0.6) is 0 Å². The van der Waals surface area contributed by atoms with Crippen molar-refractivity contribution in [1.82, 2.24) is 5.32 Å². The average Bonchev–Trinajstić information content (AvgIpc) is 3.24. The van der Waals surface area contributed by atoms with E-state index in [1.54, 1.807) is 0 Å². The van der Waals surface area contributed by atoms with Crippen molar-refractivity contribution in [1.29, 1.82) is 0 Å². The summed E-state index contributed by atoms with van der Waals surface area (Å²) < 4.78 is 5.91. The number of ether oxygens (including phenoxy) is 1. The molecule has 7 nitrogen and oxygen atoms in total. The lowest BCUT2D eigenvalue weighted by Gasteiger charge is -2.26. The molecular formula is C27H39BN2O5. The Hall–Kier alpha value is -2.68. The fraction of sp³-hybridized carbons (Fsp3) is 0.481. The number of nitrogens with zero attached hydrogens (tertiary/aromatic N) is 1. The number of rotatable bonds is 14. The lowest BCUT2D eigenvalue weighted by molar-refractivity contribution is -0.143. The van der Waals surface area contributed by atoms with Crippen molar-refractivity contribution < 1.29 is 24.4 Å². The molecule has 0 saturated carbocycles. The Morgan fingerprint density at radius 2 is 2.11 bits per heavy atom. The summed E-state index contributed by atoms with van der Waals surface area (Å²) in [5.41, 5.74) is 2.91. The van der Waals surface area contributed by atoms with Gasteiger partial charge in [-0.05, 0) is 36.8 Å². The third-order valence-electron chi connectivity index (χ3n) is 5.83. The van der Waals surface area contributed by atoms with Crippen LogP contribution in [0.3, 0.4) is 0 Å². The first-order valence-electron chi connectivity index (χ1n) is 12.4. The summed E-state index contributed by atoms with van der Waals surface area (Å²) in [5, 5.41) is 25.2. The van der Waals surface area contributed by atoms with Gasteiger partial charge in [-0.15, -0.1) is 0 Å². The Bertz CT molecular complexity index is 901. The molecule has 0 fully saturated rings. The molecule has 0 aromatic rings. The Balaban J connectivity index is 1.99. The lowest BCUT2D eigenvalue weighted by Crippen LogP contribution is -2.50. The summed E-state index contributed by atoms with van der Waals surface area (Å²) >= 11 is 0. The third kappa shape index (κ3) is 9.84. The molecule has 8 heteroatoms. The minimum Gasteiger partial charge on any atom is -0.426 e. The molecule has 0 bridgehead atoms. The number of allylic oxidation sites excluding steroid dienone is 8. The third-order valence-corrected chi connectivity index (χ3v) is 5.83. The predicted octanol–water partition coefficient (Wildman–Crippen LogP) is 4.12. The van der Waals surface area contributed by atoms with Gasteiger partial charge < -0.3 is 24.9 Å². The molecule has 1 aliphatic heterocycles. The largest absolute Gasteiger partial charge is 0.472 e. The Labute approximate surface area is 209 Å². The van der Waals surface area contributed by atoms with Crippen LogP contribution in [0, 0.1) is 0 Å². The maximum atomic E-state index is 13.1.